The van der Waals surface area contributed by atoms with E-state index in [1.807, 2.05) is 18.3 Å². The number of rotatable bonds is 4. The lowest BCUT2D eigenvalue weighted by molar-refractivity contribution is -0.0116. The van der Waals surface area contributed by atoms with Gasteiger partial charge in [-0.25, -0.2) is 0 Å². The number of benzene rings is 1. The molecule has 1 heterocycles. The van der Waals surface area contributed by atoms with Crippen molar-refractivity contribution in [2.24, 2.45) is 11.3 Å². The molecule has 0 fully saturated rings. The van der Waals surface area contributed by atoms with Crippen molar-refractivity contribution in [3.63, 3.8) is 0 Å². The predicted octanol–water partition coefficient (Wildman–Crippen LogP) is 2.80. The average molecular weight is 273 g/mol. The van der Waals surface area contributed by atoms with Crippen LogP contribution in [-0.2, 0) is 4.74 Å². The first-order valence-electron chi connectivity index (χ1n) is 6.80. The Hall–Kier alpha value is -1.49. The summed E-state index contributed by atoms with van der Waals surface area (Å²) < 4.78 is 5.71. The Morgan fingerprint density at radius 2 is 2.00 bits per heavy atom. The smallest absolute Gasteiger partial charge is 0.0827 e. The highest BCUT2D eigenvalue weighted by Gasteiger charge is 2.33. The molecule has 2 unspecified atom stereocenters. The maximum Gasteiger partial charge on any atom is 0.0827 e. The van der Waals surface area contributed by atoms with Gasteiger partial charge in [0.05, 0.1) is 12.1 Å². The first-order chi connectivity index (χ1) is 9.49. The van der Waals surface area contributed by atoms with Crippen LogP contribution >= 0.6 is 0 Å². The van der Waals surface area contributed by atoms with Crippen molar-refractivity contribution in [2.45, 2.75) is 32.9 Å². The molecule has 1 aromatic carbocycles. The maximum absolute atomic E-state index is 5.82. The number of hydrazine groups is 1. The topological polar surface area (TPSA) is 60.2 Å². The molecule has 0 aliphatic carbocycles. The highest BCUT2D eigenvalue weighted by molar-refractivity contribution is 5.85. The van der Waals surface area contributed by atoms with Gasteiger partial charge in [-0.15, -0.1) is 0 Å². The Morgan fingerprint density at radius 1 is 1.25 bits per heavy atom. The lowest BCUT2D eigenvalue weighted by Crippen LogP contribution is -2.44. The van der Waals surface area contributed by atoms with E-state index in [1.165, 1.54) is 0 Å². The van der Waals surface area contributed by atoms with Gasteiger partial charge in [-0.2, -0.15) is 0 Å². The highest BCUT2D eigenvalue weighted by atomic mass is 16.5. The van der Waals surface area contributed by atoms with E-state index < -0.39 is 0 Å². The minimum Gasteiger partial charge on any atom is -0.379 e. The van der Waals surface area contributed by atoms with Crippen molar-refractivity contribution < 1.29 is 4.74 Å². The quantitative estimate of drug-likeness (QED) is 0.664. The van der Waals surface area contributed by atoms with Gasteiger partial charge in [0, 0.05) is 24.9 Å². The lowest BCUT2D eigenvalue weighted by atomic mass is 9.81. The molecule has 4 heteroatoms. The van der Waals surface area contributed by atoms with Crippen LogP contribution in [0.2, 0.25) is 0 Å². The van der Waals surface area contributed by atoms with Crippen LogP contribution in [0.1, 0.15) is 32.4 Å². The average Bonchev–Trinajstić information content (AvgIpc) is 2.42. The van der Waals surface area contributed by atoms with E-state index in [-0.39, 0.29) is 17.6 Å². The third kappa shape index (κ3) is 2.82. The Bertz CT molecular complexity index is 572. The van der Waals surface area contributed by atoms with E-state index in [0.29, 0.717) is 0 Å². The number of pyridine rings is 1. The molecule has 2 aromatic rings. The second kappa shape index (κ2) is 5.87. The van der Waals surface area contributed by atoms with Crippen molar-refractivity contribution in [3.05, 3.63) is 42.2 Å². The fraction of sp³-hybridized carbons (Fsp3) is 0.438. The van der Waals surface area contributed by atoms with Gasteiger partial charge in [0.15, 0.2) is 0 Å². The van der Waals surface area contributed by atoms with Crippen LogP contribution in [-0.4, -0.2) is 18.2 Å². The molecule has 20 heavy (non-hydrogen) atoms. The molecule has 0 saturated carbocycles. The van der Waals surface area contributed by atoms with E-state index in [2.05, 4.69) is 43.3 Å². The molecule has 3 N–H and O–H groups in total. The minimum absolute atomic E-state index is 0.0316. The standard InChI is InChI=1S/C16H23N3O/c1-16(2,3)15(20-4)14(19-17)12-7-5-6-11-8-9-18-10-13(11)12/h5-10,14-15,19H,17H2,1-4H3. The monoisotopic (exact) mass is 273 g/mol. The van der Waals surface area contributed by atoms with Crippen molar-refractivity contribution in [1.29, 1.82) is 0 Å². The fourth-order valence-corrected chi connectivity index (χ4v) is 2.74. The van der Waals surface area contributed by atoms with Gasteiger partial charge in [-0.1, -0.05) is 39.0 Å². The molecule has 0 amide bonds. The molecule has 0 aliphatic rings. The molecular formula is C16H23N3O. The summed E-state index contributed by atoms with van der Waals surface area (Å²) >= 11 is 0. The van der Waals surface area contributed by atoms with Gasteiger partial charge in [0.2, 0.25) is 0 Å². The molecule has 0 radical (unpaired) electrons. The summed E-state index contributed by atoms with van der Waals surface area (Å²) in [6, 6.07) is 8.11. The zero-order valence-electron chi connectivity index (χ0n) is 12.6. The zero-order valence-corrected chi connectivity index (χ0v) is 12.6. The number of nitrogens with zero attached hydrogens (tertiary/aromatic N) is 1. The summed E-state index contributed by atoms with van der Waals surface area (Å²) in [6.45, 7) is 6.44. The molecule has 108 valence electrons. The third-order valence-corrected chi connectivity index (χ3v) is 3.64. The van der Waals surface area contributed by atoms with Gasteiger partial charge in [-0.3, -0.25) is 16.3 Å². The maximum atomic E-state index is 5.82. The van der Waals surface area contributed by atoms with Crippen LogP contribution in [0.15, 0.2) is 36.7 Å². The Kier molecular flexibility index (Phi) is 4.38. The summed E-state index contributed by atoms with van der Waals surface area (Å²) in [6.07, 6.45) is 3.64. The molecule has 0 aliphatic heterocycles. The summed E-state index contributed by atoms with van der Waals surface area (Å²) in [5.74, 6) is 5.82. The van der Waals surface area contributed by atoms with Crippen molar-refractivity contribution >= 4 is 10.8 Å². The van der Waals surface area contributed by atoms with Crippen LogP contribution in [0.3, 0.4) is 0 Å². The number of aromatic nitrogens is 1. The van der Waals surface area contributed by atoms with Crippen molar-refractivity contribution in [3.8, 4) is 0 Å². The first-order valence-corrected chi connectivity index (χ1v) is 6.80. The van der Waals surface area contributed by atoms with Gasteiger partial charge < -0.3 is 4.74 Å². The minimum atomic E-state index is -0.0899. The van der Waals surface area contributed by atoms with Crippen LogP contribution in [0.4, 0.5) is 0 Å². The number of fused-ring (bicyclic) bond motifs is 1. The lowest BCUT2D eigenvalue weighted by Gasteiger charge is -2.36. The molecule has 2 rings (SSSR count). The number of nitrogens with two attached hydrogens (primary N) is 1. The molecule has 0 saturated heterocycles. The second-order valence-corrected chi connectivity index (χ2v) is 6.11. The molecular weight excluding hydrogens is 250 g/mol. The van der Waals surface area contributed by atoms with Crippen LogP contribution in [0.5, 0.6) is 0 Å². The summed E-state index contributed by atoms with van der Waals surface area (Å²) in [4.78, 5) is 4.23. The Balaban J connectivity index is 2.54. The number of ether oxygens (including phenoxy) is 1. The normalized spacial score (nSPS) is 15.2. The zero-order chi connectivity index (χ0) is 14.8. The third-order valence-electron chi connectivity index (χ3n) is 3.64. The predicted molar refractivity (Wildman–Crippen MR) is 82.1 cm³/mol. The van der Waals surface area contributed by atoms with Crippen molar-refractivity contribution in [2.75, 3.05) is 7.11 Å². The number of hydrogen-bond donors (Lipinski definition) is 2. The van der Waals surface area contributed by atoms with Crippen molar-refractivity contribution in [1.82, 2.24) is 10.4 Å². The fourth-order valence-electron chi connectivity index (χ4n) is 2.74. The van der Waals surface area contributed by atoms with Gasteiger partial charge >= 0.3 is 0 Å². The van der Waals surface area contributed by atoms with Gasteiger partial charge in [0.25, 0.3) is 0 Å². The van der Waals surface area contributed by atoms with Crippen LogP contribution < -0.4 is 11.3 Å². The number of nitrogens with one attached hydrogen (secondary N) is 1. The molecule has 4 nitrogen and oxygen atoms in total. The number of hydrogen-bond acceptors (Lipinski definition) is 4. The second-order valence-electron chi connectivity index (χ2n) is 6.11. The summed E-state index contributed by atoms with van der Waals surface area (Å²) in [5.41, 5.74) is 3.99. The summed E-state index contributed by atoms with van der Waals surface area (Å²) in [5, 5.41) is 2.26. The van der Waals surface area contributed by atoms with E-state index in [9.17, 15) is 0 Å². The first kappa shape index (κ1) is 14.9. The van der Waals surface area contributed by atoms with Crippen LogP contribution in [0, 0.1) is 5.41 Å². The molecule has 2 atom stereocenters. The van der Waals surface area contributed by atoms with E-state index in [1.54, 1.807) is 13.3 Å². The highest BCUT2D eigenvalue weighted by Crippen LogP contribution is 2.34. The summed E-state index contributed by atoms with van der Waals surface area (Å²) in [7, 11) is 1.73. The van der Waals surface area contributed by atoms with E-state index >= 15 is 0 Å². The van der Waals surface area contributed by atoms with E-state index in [4.69, 9.17) is 10.6 Å². The molecule has 1 aromatic heterocycles. The van der Waals surface area contributed by atoms with Gasteiger partial charge in [0.1, 0.15) is 0 Å². The Labute approximate surface area is 120 Å². The Morgan fingerprint density at radius 3 is 2.60 bits per heavy atom. The van der Waals surface area contributed by atoms with Gasteiger partial charge in [-0.05, 0) is 22.4 Å². The number of methoxy groups -OCH3 is 1. The van der Waals surface area contributed by atoms with Crippen LogP contribution in [0.25, 0.3) is 10.8 Å². The SMILES string of the molecule is COC(C(NN)c1cccc2ccncc12)C(C)(C)C. The largest absolute Gasteiger partial charge is 0.379 e. The molecule has 0 bridgehead atoms. The van der Waals surface area contributed by atoms with E-state index in [0.717, 1.165) is 16.3 Å². The molecule has 0 spiro atoms.